The van der Waals surface area contributed by atoms with E-state index in [-0.39, 0.29) is 6.42 Å². The Kier molecular flexibility index (Phi) is 4.07. The zero-order chi connectivity index (χ0) is 10.6. The third-order valence-electron chi connectivity index (χ3n) is 2.24. The molecule has 1 aromatic heterocycles. The summed E-state index contributed by atoms with van der Waals surface area (Å²) in [5.74, 6) is -0.325. The molecule has 0 saturated carbocycles. The lowest BCUT2D eigenvalue weighted by molar-refractivity contribution is -0.136. The molecule has 0 aliphatic rings. The zero-order valence-corrected chi connectivity index (χ0v) is 9.30. The number of carboxylic acid groups (broad SMARTS) is 1. The van der Waals surface area contributed by atoms with E-state index in [9.17, 15) is 4.79 Å². The van der Waals surface area contributed by atoms with E-state index in [0.717, 1.165) is 17.8 Å². The van der Waals surface area contributed by atoms with Crippen LogP contribution >= 0.6 is 11.3 Å². The van der Waals surface area contributed by atoms with E-state index < -0.39 is 5.97 Å². The fourth-order valence-electron chi connectivity index (χ4n) is 1.38. The molecule has 0 aliphatic carbocycles. The molecule has 4 heteroatoms. The number of rotatable bonds is 5. The number of nitrogens with zero attached hydrogens (tertiary/aromatic N) is 1. The first-order valence-electron chi connectivity index (χ1n) is 4.83. The molecule has 0 radical (unpaired) electrons. The standard InChI is InChI=1S/C10H15NO2S/c1-3-7(4-2)10-11-8(6-14-10)5-9(12)13/h6-7H,3-5H2,1-2H3,(H,12,13). The minimum Gasteiger partial charge on any atom is -0.481 e. The van der Waals surface area contributed by atoms with Crippen LogP contribution in [0.3, 0.4) is 0 Å². The lowest BCUT2D eigenvalue weighted by Crippen LogP contribution is -2.01. The molecule has 0 fully saturated rings. The van der Waals surface area contributed by atoms with E-state index in [2.05, 4.69) is 18.8 Å². The third kappa shape index (κ3) is 2.80. The number of hydrogen-bond donors (Lipinski definition) is 1. The van der Waals surface area contributed by atoms with Crippen LogP contribution in [0.15, 0.2) is 5.38 Å². The van der Waals surface area contributed by atoms with Crippen LogP contribution in [-0.4, -0.2) is 16.1 Å². The molecule has 0 aliphatic heterocycles. The average molecular weight is 213 g/mol. The Morgan fingerprint density at radius 2 is 2.21 bits per heavy atom. The van der Waals surface area contributed by atoms with Crippen molar-refractivity contribution in [3.8, 4) is 0 Å². The number of carbonyl (C=O) groups is 1. The van der Waals surface area contributed by atoms with E-state index in [1.807, 2.05) is 5.38 Å². The van der Waals surface area contributed by atoms with Crippen molar-refractivity contribution >= 4 is 17.3 Å². The number of thiazole rings is 1. The predicted octanol–water partition coefficient (Wildman–Crippen LogP) is 2.67. The molecule has 1 rings (SSSR count). The molecule has 0 aromatic carbocycles. The van der Waals surface area contributed by atoms with Gasteiger partial charge in [0.2, 0.25) is 0 Å². The summed E-state index contributed by atoms with van der Waals surface area (Å²) in [5, 5.41) is 11.5. The topological polar surface area (TPSA) is 50.2 Å². The fraction of sp³-hybridized carbons (Fsp3) is 0.600. The van der Waals surface area contributed by atoms with Gasteiger partial charge in [0.1, 0.15) is 0 Å². The monoisotopic (exact) mass is 213 g/mol. The predicted molar refractivity (Wildman–Crippen MR) is 56.8 cm³/mol. The summed E-state index contributed by atoms with van der Waals surface area (Å²) in [6, 6.07) is 0. The van der Waals surface area contributed by atoms with Gasteiger partial charge in [-0.15, -0.1) is 11.3 Å². The molecule has 3 nitrogen and oxygen atoms in total. The first kappa shape index (κ1) is 11.2. The molecular formula is C10H15NO2S. The van der Waals surface area contributed by atoms with Crippen LogP contribution in [0.1, 0.15) is 43.3 Å². The summed E-state index contributed by atoms with van der Waals surface area (Å²) < 4.78 is 0. The minimum atomic E-state index is -0.814. The molecule has 1 N–H and O–H groups in total. The van der Waals surface area contributed by atoms with Crippen molar-refractivity contribution in [2.24, 2.45) is 0 Å². The molecule has 78 valence electrons. The normalized spacial score (nSPS) is 10.8. The van der Waals surface area contributed by atoms with Crippen LogP contribution in [0.25, 0.3) is 0 Å². The van der Waals surface area contributed by atoms with Gasteiger partial charge in [-0.25, -0.2) is 4.98 Å². The number of hydrogen-bond acceptors (Lipinski definition) is 3. The van der Waals surface area contributed by atoms with Gasteiger partial charge >= 0.3 is 5.97 Å². The van der Waals surface area contributed by atoms with Crippen LogP contribution < -0.4 is 0 Å². The van der Waals surface area contributed by atoms with E-state index in [1.54, 1.807) is 11.3 Å². The maximum absolute atomic E-state index is 10.5. The summed E-state index contributed by atoms with van der Waals surface area (Å²) >= 11 is 1.57. The van der Waals surface area contributed by atoms with Crippen LogP contribution in [0.5, 0.6) is 0 Å². The average Bonchev–Trinajstić information content (AvgIpc) is 2.54. The molecule has 0 amide bonds. The largest absolute Gasteiger partial charge is 0.481 e. The van der Waals surface area contributed by atoms with Crippen molar-refractivity contribution < 1.29 is 9.90 Å². The first-order chi connectivity index (χ1) is 6.67. The van der Waals surface area contributed by atoms with Crippen molar-refractivity contribution in [3.05, 3.63) is 16.1 Å². The quantitative estimate of drug-likeness (QED) is 0.818. The van der Waals surface area contributed by atoms with Gasteiger partial charge < -0.3 is 5.11 Å². The number of aliphatic carboxylic acids is 1. The molecular weight excluding hydrogens is 198 g/mol. The van der Waals surface area contributed by atoms with Gasteiger partial charge in [-0.3, -0.25) is 4.79 Å². The second kappa shape index (κ2) is 5.10. The minimum absolute atomic E-state index is 0.0383. The fourth-order valence-corrected chi connectivity index (χ4v) is 2.47. The Bertz CT molecular complexity index is 305. The van der Waals surface area contributed by atoms with Crippen molar-refractivity contribution in [1.82, 2.24) is 4.98 Å². The van der Waals surface area contributed by atoms with Crippen LogP contribution in [0.2, 0.25) is 0 Å². The lowest BCUT2D eigenvalue weighted by atomic mass is 10.1. The van der Waals surface area contributed by atoms with Gasteiger partial charge in [0.25, 0.3) is 0 Å². The Morgan fingerprint density at radius 3 is 2.71 bits per heavy atom. The van der Waals surface area contributed by atoms with Crippen LogP contribution in [0.4, 0.5) is 0 Å². The van der Waals surface area contributed by atoms with E-state index in [4.69, 9.17) is 5.11 Å². The third-order valence-corrected chi connectivity index (χ3v) is 3.29. The summed E-state index contributed by atoms with van der Waals surface area (Å²) in [6.07, 6.45) is 2.17. The van der Waals surface area contributed by atoms with Gasteiger partial charge in [-0.05, 0) is 12.8 Å². The Labute approximate surface area is 87.8 Å². The molecule has 1 heterocycles. The second-order valence-corrected chi connectivity index (χ2v) is 4.15. The lowest BCUT2D eigenvalue weighted by Gasteiger charge is -2.06. The maximum Gasteiger partial charge on any atom is 0.309 e. The first-order valence-corrected chi connectivity index (χ1v) is 5.71. The number of carboxylic acids is 1. The van der Waals surface area contributed by atoms with Crippen molar-refractivity contribution in [2.45, 2.75) is 39.0 Å². The van der Waals surface area contributed by atoms with Crippen molar-refractivity contribution in [1.29, 1.82) is 0 Å². The highest BCUT2D eigenvalue weighted by molar-refractivity contribution is 7.09. The van der Waals surface area contributed by atoms with Gasteiger partial charge in [-0.2, -0.15) is 0 Å². The molecule has 0 unspecified atom stereocenters. The molecule has 0 atom stereocenters. The highest BCUT2D eigenvalue weighted by Crippen LogP contribution is 2.26. The van der Waals surface area contributed by atoms with E-state index in [0.29, 0.717) is 11.6 Å². The smallest absolute Gasteiger partial charge is 0.309 e. The summed E-state index contributed by atoms with van der Waals surface area (Å²) in [6.45, 7) is 4.26. The second-order valence-electron chi connectivity index (χ2n) is 3.26. The summed E-state index contributed by atoms with van der Waals surface area (Å²) in [5.41, 5.74) is 0.685. The van der Waals surface area contributed by atoms with Gasteiger partial charge in [-0.1, -0.05) is 13.8 Å². The molecule has 0 saturated heterocycles. The van der Waals surface area contributed by atoms with Crippen LogP contribution in [0, 0.1) is 0 Å². The molecule has 0 bridgehead atoms. The Hall–Kier alpha value is -0.900. The van der Waals surface area contributed by atoms with E-state index >= 15 is 0 Å². The molecule has 1 aromatic rings. The molecule has 14 heavy (non-hydrogen) atoms. The molecule has 0 spiro atoms. The zero-order valence-electron chi connectivity index (χ0n) is 8.49. The van der Waals surface area contributed by atoms with Gasteiger partial charge in [0, 0.05) is 11.3 Å². The summed E-state index contributed by atoms with van der Waals surface area (Å²) in [4.78, 5) is 14.8. The van der Waals surface area contributed by atoms with Crippen molar-refractivity contribution in [3.63, 3.8) is 0 Å². The van der Waals surface area contributed by atoms with Crippen molar-refractivity contribution in [2.75, 3.05) is 0 Å². The van der Waals surface area contributed by atoms with Gasteiger partial charge in [0.15, 0.2) is 0 Å². The number of aromatic nitrogens is 1. The van der Waals surface area contributed by atoms with E-state index in [1.165, 1.54) is 0 Å². The Morgan fingerprint density at radius 1 is 1.57 bits per heavy atom. The van der Waals surface area contributed by atoms with Gasteiger partial charge in [0.05, 0.1) is 17.1 Å². The highest BCUT2D eigenvalue weighted by atomic mass is 32.1. The highest BCUT2D eigenvalue weighted by Gasteiger charge is 2.12. The SMILES string of the molecule is CCC(CC)c1nc(CC(=O)O)cs1. The maximum atomic E-state index is 10.5. The Balaban J connectivity index is 2.71. The van der Waals surface area contributed by atoms with Crippen LogP contribution in [-0.2, 0) is 11.2 Å². The summed E-state index contributed by atoms with van der Waals surface area (Å²) in [7, 11) is 0.